The zero-order valence-electron chi connectivity index (χ0n) is 26.9. The minimum absolute atomic E-state index is 0.594. The van der Waals surface area contributed by atoms with Crippen LogP contribution in [0.4, 0.5) is 0 Å². The fourth-order valence-corrected chi connectivity index (χ4v) is 7.13. The van der Waals surface area contributed by atoms with E-state index in [1.165, 1.54) is 21.9 Å². The minimum Gasteiger partial charge on any atom is -0.456 e. The van der Waals surface area contributed by atoms with E-state index in [1.54, 1.807) is 0 Å². The van der Waals surface area contributed by atoms with Crippen LogP contribution in [-0.4, -0.2) is 19.5 Å². The smallest absolute Gasteiger partial charge is 0.164 e. The molecule has 50 heavy (non-hydrogen) atoms. The van der Waals surface area contributed by atoms with Gasteiger partial charge in [0.1, 0.15) is 11.2 Å². The molecule has 10 rings (SSSR count). The van der Waals surface area contributed by atoms with Crippen LogP contribution in [0.3, 0.4) is 0 Å². The second-order valence-corrected chi connectivity index (χ2v) is 12.4. The lowest BCUT2D eigenvalue weighted by Gasteiger charge is -2.11. The van der Waals surface area contributed by atoms with Gasteiger partial charge in [-0.2, -0.15) is 0 Å². The van der Waals surface area contributed by atoms with Gasteiger partial charge in [0, 0.05) is 43.9 Å². The quantitative estimate of drug-likeness (QED) is 0.188. The first-order chi connectivity index (χ1) is 24.8. The number of nitrogens with zero attached hydrogens (tertiary/aromatic N) is 4. The predicted molar refractivity (Wildman–Crippen MR) is 203 cm³/mol. The fourth-order valence-electron chi connectivity index (χ4n) is 7.13. The van der Waals surface area contributed by atoms with Gasteiger partial charge in [0.25, 0.3) is 0 Å². The Morgan fingerprint density at radius 2 is 0.940 bits per heavy atom. The molecule has 234 valence electrons. The molecule has 3 aromatic heterocycles. The van der Waals surface area contributed by atoms with E-state index in [9.17, 15) is 0 Å². The van der Waals surface area contributed by atoms with E-state index >= 15 is 0 Å². The summed E-state index contributed by atoms with van der Waals surface area (Å²) in [6, 6.07) is 58.7. The molecule has 0 saturated heterocycles. The van der Waals surface area contributed by atoms with Crippen LogP contribution in [0, 0.1) is 0 Å². The van der Waals surface area contributed by atoms with Gasteiger partial charge in [0.05, 0.1) is 11.0 Å². The van der Waals surface area contributed by atoms with Crippen LogP contribution in [0.1, 0.15) is 0 Å². The second-order valence-electron chi connectivity index (χ2n) is 12.4. The lowest BCUT2D eigenvalue weighted by molar-refractivity contribution is 0.669. The van der Waals surface area contributed by atoms with Crippen molar-refractivity contribution in [3.63, 3.8) is 0 Å². The molecular weight excluding hydrogens is 613 g/mol. The Balaban J connectivity index is 1.11. The molecule has 0 spiro atoms. The largest absolute Gasteiger partial charge is 0.456 e. The van der Waals surface area contributed by atoms with Crippen LogP contribution in [0.5, 0.6) is 0 Å². The minimum atomic E-state index is 0.594. The summed E-state index contributed by atoms with van der Waals surface area (Å²) in [4.78, 5) is 15.0. The number of hydrogen-bond acceptors (Lipinski definition) is 4. The summed E-state index contributed by atoms with van der Waals surface area (Å²) in [7, 11) is 0. The highest BCUT2D eigenvalue weighted by atomic mass is 16.3. The number of para-hydroxylation sites is 2. The first-order valence-electron chi connectivity index (χ1n) is 16.7. The maximum Gasteiger partial charge on any atom is 0.164 e. The van der Waals surface area contributed by atoms with Crippen molar-refractivity contribution in [3.8, 4) is 51.0 Å². The average Bonchev–Trinajstić information content (AvgIpc) is 3.74. The molecule has 0 aliphatic rings. The van der Waals surface area contributed by atoms with E-state index in [0.29, 0.717) is 17.5 Å². The van der Waals surface area contributed by atoms with E-state index < -0.39 is 0 Å². The summed E-state index contributed by atoms with van der Waals surface area (Å²) in [6.07, 6.45) is 0. The van der Waals surface area contributed by atoms with E-state index in [2.05, 4.69) is 120 Å². The topological polar surface area (TPSA) is 56.7 Å². The molecule has 10 aromatic rings. The maximum absolute atomic E-state index is 6.21. The number of fused-ring (bicyclic) bond motifs is 6. The van der Waals surface area contributed by atoms with Gasteiger partial charge in [0.2, 0.25) is 0 Å². The van der Waals surface area contributed by atoms with Crippen molar-refractivity contribution in [1.29, 1.82) is 0 Å². The van der Waals surface area contributed by atoms with E-state index in [0.717, 1.165) is 55.3 Å². The Labute approximate surface area is 287 Å². The lowest BCUT2D eigenvalue weighted by atomic mass is 9.99. The molecule has 5 nitrogen and oxygen atoms in total. The van der Waals surface area contributed by atoms with Gasteiger partial charge >= 0.3 is 0 Å². The summed E-state index contributed by atoms with van der Waals surface area (Å²) in [5, 5.41) is 4.63. The van der Waals surface area contributed by atoms with Crippen molar-refractivity contribution in [2.24, 2.45) is 0 Å². The molecule has 5 heteroatoms. The summed E-state index contributed by atoms with van der Waals surface area (Å²) < 4.78 is 8.56. The first-order valence-corrected chi connectivity index (χ1v) is 16.7. The Morgan fingerprint density at radius 1 is 0.380 bits per heavy atom. The van der Waals surface area contributed by atoms with Crippen LogP contribution in [0.2, 0.25) is 0 Å². The molecule has 0 saturated carbocycles. The van der Waals surface area contributed by atoms with Crippen molar-refractivity contribution in [3.05, 3.63) is 170 Å². The standard InChI is InChI=1S/C45H28N4O/c1-3-12-29(13-4-1)34-18-11-20-39-42(34)37-17-7-9-19-38(37)49(39)33-25-22-31(23-26-33)44-46-43(30-14-5-2-6-15-30)47-45(48-44)32-24-27-36-35-16-8-10-21-40(35)50-41(36)28-32/h1-28H. The van der Waals surface area contributed by atoms with Gasteiger partial charge in [-0.25, -0.2) is 15.0 Å². The lowest BCUT2D eigenvalue weighted by Crippen LogP contribution is -2.00. The molecule has 0 aliphatic heterocycles. The van der Waals surface area contributed by atoms with Crippen LogP contribution in [-0.2, 0) is 0 Å². The summed E-state index contributed by atoms with van der Waals surface area (Å²) in [5.41, 5.74) is 10.2. The molecule has 0 bridgehead atoms. The van der Waals surface area contributed by atoms with Crippen molar-refractivity contribution in [2.45, 2.75) is 0 Å². The van der Waals surface area contributed by atoms with Crippen molar-refractivity contribution in [2.75, 3.05) is 0 Å². The van der Waals surface area contributed by atoms with Gasteiger partial charge < -0.3 is 8.98 Å². The maximum atomic E-state index is 6.21. The van der Waals surface area contributed by atoms with Gasteiger partial charge in [0.15, 0.2) is 17.5 Å². The Morgan fingerprint density at radius 3 is 1.70 bits per heavy atom. The summed E-state index contributed by atoms with van der Waals surface area (Å²) >= 11 is 0. The molecule has 0 fully saturated rings. The summed E-state index contributed by atoms with van der Waals surface area (Å²) in [6.45, 7) is 0. The van der Waals surface area contributed by atoms with Crippen LogP contribution in [0.25, 0.3) is 94.7 Å². The highest BCUT2D eigenvalue weighted by Crippen LogP contribution is 2.39. The third-order valence-corrected chi connectivity index (χ3v) is 9.47. The van der Waals surface area contributed by atoms with E-state index in [-0.39, 0.29) is 0 Å². The second kappa shape index (κ2) is 11.4. The Hall–Kier alpha value is -6.85. The molecule has 0 amide bonds. The predicted octanol–water partition coefficient (Wildman–Crippen LogP) is 11.5. The van der Waals surface area contributed by atoms with Crippen LogP contribution >= 0.6 is 0 Å². The number of rotatable bonds is 5. The van der Waals surface area contributed by atoms with Crippen LogP contribution < -0.4 is 0 Å². The van der Waals surface area contributed by atoms with Crippen molar-refractivity contribution >= 4 is 43.7 Å². The van der Waals surface area contributed by atoms with E-state index in [1.807, 2.05) is 54.6 Å². The Kier molecular flexibility index (Phi) is 6.42. The average molecular weight is 641 g/mol. The molecule has 0 radical (unpaired) electrons. The third kappa shape index (κ3) is 4.60. The van der Waals surface area contributed by atoms with Crippen molar-refractivity contribution < 1.29 is 4.42 Å². The molecule has 7 aromatic carbocycles. The van der Waals surface area contributed by atoms with E-state index in [4.69, 9.17) is 19.4 Å². The monoisotopic (exact) mass is 640 g/mol. The molecule has 3 heterocycles. The van der Waals surface area contributed by atoms with Gasteiger partial charge in [-0.3, -0.25) is 0 Å². The first kappa shape index (κ1) is 28.2. The zero-order chi connectivity index (χ0) is 33.0. The zero-order valence-corrected chi connectivity index (χ0v) is 26.9. The molecule has 0 N–H and O–H groups in total. The van der Waals surface area contributed by atoms with Crippen molar-refractivity contribution in [1.82, 2.24) is 19.5 Å². The van der Waals surface area contributed by atoms with Crippen LogP contribution in [0.15, 0.2) is 174 Å². The molecule has 0 unspecified atom stereocenters. The Bertz CT molecular complexity index is 2850. The number of aromatic nitrogens is 4. The number of hydrogen-bond donors (Lipinski definition) is 0. The fraction of sp³-hybridized carbons (Fsp3) is 0. The molecule has 0 aliphatic carbocycles. The highest BCUT2D eigenvalue weighted by Gasteiger charge is 2.18. The van der Waals surface area contributed by atoms with Gasteiger partial charge in [-0.05, 0) is 65.7 Å². The van der Waals surface area contributed by atoms with Gasteiger partial charge in [-0.1, -0.05) is 115 Å². The third-order valence-electron chi connectivity index (χ3n) is 9.47. The summed E-state index contributed by atoms with van der Waals surface area (Å²) in [5.74, 6) is 1.82. The number of furan rings is 1. The SMILES string of the molecule is c1ccc(-c2nc(-c3ccc(-n4c5ccccc5c5c(-c6ccccc6)cccc54)cc3)nc(-c3ccc4c(c3)oc3ccccc34)n2)cc1. The molecular formula is C45H28N4O. The normalized spacial score (nSPS) is 11.6. The highest BCUT2D eigenvalue weighted by molar-refractivity contribution is 6.15. The molecule has 0 atom stereocenters. The number of benzene rings is 7. The van der Waals surface area contributed by atoms with Gasteiger partial charge in [-0.15, -0.1) is 0 Å².